The molecule has 4 aliphatic rings. The van der Waals surface area contributed by atoms with E-state index in [9.17, 15) is 0 Å². The third-order valence-electron chi connectivity index (χ3n) is 6.75. The minimum atomic E-state index is 0.817. The first-order valence-corrected chi connectivity index (χ1v) is 8.08. The smallest absolute Gasteiger partial charge is 0.00977 e. The number of fused-ring (bicyclic) bond motifs is 9. The summed E-state index contributed by atoms with van der Waals surface area (Å²) in [6, 6.07) is 0. The lowest BCUT2D eigenvalue weighted by atomic mass is 9.63. The molecule has 4 fully saturated rings. The monoisotopic (exact) mass is 236 g/mol. The average Bonchev–Trinajstić information content (AvgIpc) is 3.03. The van der Waals surface area contributed by atoms with Crippen LogP contribution in [0.5, 0.6) is 0 Å². The van der Waals surface area contributed by atoms with Gasteiger partial charge in [-0.1, -0.05) is 0 Å². The number of hydrogen-bond acceptors (Lipinski definition) is 1. The third kappa shape index (κ3) is 1.14. The highest BCUT2D eigenvalue weighted by molar-refractivity contribution is 7.80. The highest BCUT2D eigenvalue weighted by atomic mass is 32.1. The lowest BCUT2D eigenvalue weighted by Gasteiger charge is -2.42. The fourth-order valence-electron chi connectivity index (χ4n) is 6.58. The van der Waals surface area contributed by atoms with Gasteiger partial charge < -0.3 is 0 Å². The van der Waals surface area contributed by atoms with E-state index in [4.69, 9.17) is 0 Å². The Bertz CT molecular complexity index is 300. The normalized spacial score (nSPS) is 57.2. The second-order valence-electron chi connectivity index (χ2n) is 7.13. The van der Waals surface area contributed by atoms with E-state index in [1.165, 1.54) is 24.7 Å². The maximum absolute atomic E-state index is 4.43. The summed E-state index contributed by atoms with van der Waals surface area (Å²) in [6.07, 6.45) is 12.4. The highest BCUT2D eigenvalue weighted by Crippen LogP contribution is 2.73. The molecule has 0 saturated heterocycles. The molecule has 6 unspecified atom stereocenters. The minimum absolute atomic E-state index is 0.817. The van der Waals surface area contributed by atoms with Gasteiger partial charge >= 0.3 is 0 Å². The molecule has 0 aromatic heterocycles. The van der Waals surface area contributed by atoms with Crippen LogP contribution in [0.25, 0.3) is 0 Å². The average molecular weight is 236 g/mol. The molecule has 4 bridgehead atoms. The van der Waals surface area contributed by atoms with E-state index in [2.05, 4.69) is 12.6 Å². The van der Waals surface area contributed by atoms with Crippen molar-refractivity contribution in [3.63, 3.8) is 0 Å². The fourth-order valence-corrected chi connectivity index (χ4v) is 6.74. The molecule has 0 aromatic carbocycles. The summed E-state index contributed by atoms with van der Waals surface area (Å²) in [5.74, 6) is 6.94. The Morgan fingerprint density at radius 2 is 1.94 bits per heavy atom. The maximum atomic E-state index is 4.43. The van der Waals surface area contributed by atoms with Crippen molar-refractivity contribution in [1.29, 1.82) is 0 Å². The summed E-state index contributed by atoms with van der Waals surface area (Å²) in [4.78, 5) is 0. The van der Waals surface area contributed by atoms with Crippen LogP contribution in [0.2, 0.25) is 0 Å². The van der Waals surface area contributed by atoms with Crippen molar-refractivity contribution in [2.75, 3.05) is 5.75 Å². The van der Waals surface area contributed by atoms with E-state index in [0.29, 0.717) is 0 Å². The molecule has 6 atom stereocenters. The van der Waals surface area contributed by atoms with Crippen LogP contribution in [0, 0.1) is 35.0 Å². The number of thiol groups is 1. The molecule has 0 amide bonds. The van der Waals surface area contributed by atoms with Crippen LogP contribution in [0.15, 0.2) is 0 Å². The standard InChI is InChI=1S/C15H24S/c16-7-1-5-15-6-4-12(9-15)13-10-2-3-11(8-10)14(13)15/h10-14,16H,1-9H2. The molecule has 0 aromatic rings. The quantitative estimate of drug-likeness (QED) is 0.552. The van der Waals surface area contributed by atoms with E-state index >= 15 is 0 Å². The van der Waals surface area contributed by atoms with E-state index in [0.717, 1.165) is 28.9 Å². The van der Waals surface area contributed by atoms with Gasteiger partial charge in [-0.2, -0.15) is 12.6 Å². The van der Waals surface area contributed by atoms with Crippen LogP contribution in [0.1, 0.15) is 51.4 Å². The molecular weight excluding hydrogens is 212 g/mol. The Kier molecular flexibility index (Phi) is 2.21. The predicted octanol–water partition coefficient (Wildman–Crippen LogP) is 4.16. The lowest BCUT2D eigenvalue weighted by Crippen LogP contribution is -2.35. The van der Waals surface area contributed by atoms with Gasteiger partial charge in [0.05, 0.1) is 0 Å². The zero-order valence-corrected chi connectivity index (χ0v) is 11.1. The first kappa shape index (κ1) is 10.3. The molecule has 4 aliphatic carbocycles. The first-order valence-electron chi connectivity index (χ1n) is 7.45. The lowest BCUT2D eigenvalue weighted by molar-refractivity contribution is 0.0685. The second-order valence-corrected chi connectivity index (χ2v) is 7.58. The highest BCUT2D eigenvalue weighted by Gasteiger charge is 2.65. The summed E-state index contributed by atoms with van der Waals surface area (Å²) in [5.41, 5.74) is 0.817. The Balaban J connectivity index is 1.64. The van der Waals surface area contributed by atoms with Crippen molar-refractivity contribution in [2.45, 2.75) is 51.4 Å². The van der Waals surface area contributed by atoms with Crippen molar-refractivity contribution in [3.05, 3.63) is 0 Å². The van der Waals surface area contributed by atoms with Crippen LogP contribution in [-0.2, 0) is 0 Å². The van der Waals surface area contributed by atoms with Gasteiger partial charge in [-0.3, -0.25) is 0 Å². The number of hydrogen-bond donors (Lipinski definition) is 1. The molecule has 0 heterocycles. The molecule has 0 N–H and O–H groups in total. The van der Waals surface area contributed by atoms with Crippen molar-refractivity contribution >= 4 is 12.6 Å². The molecule has 90 valence electrons. The Hall–Kier alpha value is 0.350. The molecule has 0 radical (unpaired) electrons. The van der Waals surface area contributed by atoms with E-state index in [1.807, 2.05) is 0 Å². The summed E-state index contributed by atoms with van der Waals surface area (Å²) in [6.45, 7) is 0. The predicted molar refractivity (Wildman–Crippen MR) is 70.7 cm³/mol. The van der Waals surface area contributed by atoms with E-state index in [-0.39, 0.29) is 0 Å². The fraction of sp³-hybridized carbons (Fsp3) is 1.00. The van der Waals surface area contributed by atoms with E-state index in [1.54, 1.807) is 38.5 Å². The molecule has 16 heavy (non-hydrogen) atoms. The topological polar surface area (TPSA) is 0 Å². The van der Waals surface area contributed by atoms with Crippen LogP contribution >= 0.6 is 12.6 Å². The Morgan fingerprint density at radius 3 is 2.81 bits per heavy atom. The van der Waals surface area contributed by atoms with Crippen molar-refractivity contribution < 1.29 is 0 Å². The van der Waals surface area contributed by atoms with Gasteiger partial charge in [0, 0.05) is 0 Å². The minimum Gasteiger partial charge on any atom is -0.179 e. The molecule has 4 saturated carbocycles. The molecule has 1 heteroatoms. The zero-order valence-electron chi connectivity index (χ0n) is 10.2. The first-order chi connectivity index (χ1) is 7.84. The maximum Gasteiger partial charge on any atom is -0.00977 e. The van der Waals surface area contributed by atoms with Gasteiger partial charge in [0.15, 0.2) is 0 Å². The van der Waals surface area contributed by atoms with Crippen molar-refractivity contribution in [1.82, 2.24) is 0 Å². The van der Waals surface area contributed by atoms with Crippen LogP contribution < -0.4 is 0 Å². The van der Waals surface area contributed by atoms with Gasteiger partial charge in [-0.15, -0.1) is 0 Å². The van der Waals surface area contributed by atoms with Gasteiger partial charge in [-0.25, -0.2) is 0 Å². The SMILES string of the molecule is SCCCC12CCC(C1)C1C3CCC(C3)C12. The second kappa shape index (κ2) is 3.43. The van der Waals surface area contributed by atoms with Crippen molar-refractivity contribution in [3.8, 4) is 0 Å². The zero-order chi connectivity index (χ0) is 10.8. The van der Waals surface area contributed by atoms with E-state index < -0.39 is 0 Å². The summed E-state index contributed by atoms with van der Waals surface area (Å²) < 4.78 is 0. The molecule has 0 aliphatic heterocycles. The van der Waals surface area contributed by atoms with Gasteiger partial charge in [0.2, 0.25) is 0 Å². The van der Waals surface area contributed by atoms with Gasteiger partial charge in [-0.05, 0) is 92.1 Å². The van der Waals surface area contributed by atoms with Crippen LogP contribution in [-0.4, -0.2) is 5.75 Å². The van der Waals surface area contributed by atoms with Crippen LogP contribution in [0.3, 0.4) is 0 Å². The van der Waals surface area contributed by atoms with Crippen LogP contribution in [0.4, 0.5) is 0 Å². The Morgan fingerprint density at radius 1 is 1.06 bits per heavy atom. The third-order valence-corrected chi connectivity index (χ3v) is 7.06. The van der Waals surface area contributed by atoms with Gasteiger partial charge in [0.1, 0.15) is 0 Å². The van der Waals surface area contributed by atoms with Gasteiger partial charge in [0.25, 0.3) is 0 Å². The molecule has 0 nitrogen and oxygen atoms in total. The molecule has 4 rings (SSSR count). The summed E-state index contributed by atoms with van der Waals surface area (Å²) >= 11 is 4.43. The summed E-state index contributed by atoms with van der Waals surface area (Å²) in [5, 5.41) is 0. The molecule has 0 spiro atoms. The summed E-state index contributed by atoms with van der Waals surface area (Å²) in [7, 11) is 0. The number of rotatable bonds is 3. The Labute approximate surface area is 105 Å². The largest absolute Gasteiger partial charge is 0.179 e. The van der Waals surface area contributed by atoms with Crippen molar-refractivity contribution in [2.24, 2.45) is 35.0 Å². The molecular formula is C15H24S.